The first-order valence-corrected chi connectivity index (χ1v) is 5.24. The zero-order chi connectivity index (χ0) is 8.49. The molecule has 0 N–H and O–H groups in total. The van der Waals surface area contributed by atoms with E-state index in [9.17, 15) is 0 Å². The van der Waals surface area contributed by atoms with Gasteiger partial charge in [0.15, 0.2) is 0 Å². The fraction of sp³-hybridized carbons (Fsp3) is 1.00. The van der Waals surface area contributed by atoms with E-state index in [1.807, 2.05) is 0 Å². The van der Waals surface area contributed by atoms with Gasteiger partial charge >= 0.3 is 0 Å². The Balaban J connectivity index is 0.000000120. The van der Waals surface area contributed by atoms with Crippen molar-refractivity contribution in [3.8, 4) is 0 Å². The summed E-state index contributed by atoms with van der Waals surface area (Å²) in [7, 11) is 0. The molecule has 0 unspecified atom stereocenters. The van der Waals surface area contributed by atoms with Crippen molar-refractivity contribution < 1.29 is 9.78 Å². The average molecular weight is 172 g/mol. The lowest BCUT2D eigenvalue weighted by molar-refractivity contribution is -0.312. The molecule has 2 aliphatic rings. The SMILES string of the molecule is C1CCCCC1.C1CCOOC1. The molecule has 0 radical (unpaired) electrons. The molecule has 2 fully saturated rings. The summed E-state index contributed by atoms with van der Waals surface area (Å²) in [5, 5.41) is 0. The van der Waals surface area contributed by atoms with E-state index < -0.39 is 0 Å². The molecule has 0 bridgehead atoms. The van der Waals surface area contributed by atoms with Gasteiger partial charge in [-0.15, -0.1) is 0 Å². The summed E-state index contributed by atoms with van der Waals surface area (Å²) in [6.07, 6.45) is 11.3. The second-order valence-corrected chi connectivity index (χ2v) is 3.47. The molecule has 2 rings (SSSR count). The highest BCUT2D eigenvalue weighted by molar-refractivity contribution is 4.51. The standard InChI is InChI=1S/C6H12.C4H8O2/c2*1-2-4-6-5-3-1/h1-6H2;1-4H2. The predicted molar refractivity (Wildman–Crippen MR) is 48.8 cm³/mol. The van der Waals surface area contributed by atoms with Crippen LogP contribution in [0.5, 0.6) is 0 Å². The zero-order valence-corrected chi connectivity index (χ0v) is 7.89. The maximum Gasteiger partial charge on any atom is 0.0823 e. The summed E-state index contributed by atoms with van der Waals surface area (Å²) in [6, 6.07) is 0. The van der Waals surface area contributed by atoms with Crippen molar-refractivity contribution in [3.63, 3.8) is 0 Å². The largest absolute Gasteiger partial charge is 0.237 e. The Morgan fingerprint density at radius 1 is 0.417 bits per heavy atom. The van der Waals surface area contributed by atoms with Crippen LogP contribution in [0.4, 0.5) is 0 Å². The molecule has 0 aromatic rings. The Morgan fingerprint density at radius 2 is 0.750 bits per heavy atom. The van der Waals surface area contributed by atoms with E-state index in [0.29, 0.717) is 0 Å². The number of hydrogen-bond acceptors (Lipinski definition) is 2. The van der Waals surface area contributed by atoms with Crippen molar-refractivity contribution in [1.29, 1.82) is 0 Å². The van der Waals surface area contributed by atoms with Crippen molar-refractivity contribution in [2.45, 2.75) is 51.4 Å². The molecule has 1 saturated heterocycles. The Morgan fingerprint density at radius 3 is 0.917 bits per heavy atom. The van der Waals surface area contributed by atoms with Crippen molar-refractivity contribution >= 4 is 0 Å². The second kappa shape index (κ2) is 7.56. The Kier molecular flexibility index (Phi) is 6.30. The van der Waals surface area contributed by atoms with Crippen LogP contribution in [0.15, 0.2) is 0 Å². The van der Waals surface area contributed by atoms with Gasteiger partial charge in [-0.3, -0.25) is 0 Å². The highest BCUT2D eigenvalue weighted by Gasteiger charge is 1.96. The van der Waals surface area contributed by atoms with Gasteiger partial charge in [0.2, 0.25) is 0 Å². The van der Waals surface area contributed by atoms with E-state index in [4.69, 9.17) is 0 Å². The van der Waals surface area contributed by atoms with Crippen LogP contribution in [-0.4, -0.2) is 13.2 Å². The normalized spacial score (nSPS) is 24.0. The van der Waals surface area contributed by atoms with Gasteiger partial charge in [-0.1, -0.05) is 38.5 Å². The first-order valence-electron chi connectivity index (χ1n) is 5.24. The third-order valence-corrected chi connectivity index (χ3v) is 2.29. The maximum absolute atomic E-state index is 4.57. The Hall–Kier alpha value is -0.0800. The highest BCUT2D eigenvalue weighted by atomic mass is 17.2. The molecular formula is C10H20O2. The molecule has 0 amide bonds. The van der Waals surface area contributed by atoms with Crippen LogP contribution in [0.3, 0.4) is 0 Å². The summed E-state index contributed by atoms with van der Waals surface area (Å²) in [6.45, 7) is 1.56. The minimum Gasteiger partial charge on any atom is -0.237 e. The minimum absolute atomic E-state index is 0.778. The molecule has 1 aliphatic heterocycles. The zero-order valence-electron chi connectivity index (χ0n) is 7.89. The van der Waals surface area contributed by atoms with E-state index in [2.05, 4.69) is 9.78 Å². The Labute approximate surface area is 75.2 Å². The lowest BCUT2D eigenvalue weighted by Crippen LogP contribution is -2.05. The summed E-state index contributed by atoms with van der Waals surface area (Å²) in [5.74, 6) is 0. The van der Waals surface area contributed by atoms with Crippen LogP contribution < -0.4 is 0 Å². The van der Waals surface area contributed by atoms with E-state index in [0.717, 1.165) is 26.1 Å². The number of rotatable bonds is 0. The van der Waals surface area contributed by atoms with Gasteiger partial charge in [-0.25, -0.2) is 9.78 Å². The van der Waals surface area contributed by atoms with Crippen molar-refractivity contribution in [1.82, 2.24) is 0 Å². The van der Waals surface area contributed by atoms with Gasteiger partial charge in [-0.2, -0.15) is 0 Å². The molecule has 0 spiro atoms. The highest BCUT2D eigenvalue weighted by Crippen LogP contribution is 2.15. The Bertz CT molecular complexity index is 50.8. The molecule has 12 heavy (non-hydrogen) atoms. The first-order chi connectivity index (χ1) is 6.00. The van der Waals surface area contributed by atoms with E-state index in [1.54, 1.807) is 0 Å². The molecular weight excluding hydrogens is 152 g/mol. The van der Waals surface area contributed by atoms with E-state index in [-0.39, 0.29) is 0 Å². The summed E-state index contributed by atoms with van der Waals surface area (Å²) >= 11 is 0. The molecule has 2 nitrogen and oxygen atoms in total. The van der Waals surface area contributed by atoms with Crippen LogP contribution in [0, 0.1) is 0 Å². The summed E-state index contributed by atoms with van der Waals surface area (Å²) in [4.78, 5) is 9.14. The fourth-order valence-corrected chi connectivity index (χ4v) is 1.50. The van der Waals surface area contributed by atoms with Crippen molar-refractivity contribution in [2.24, 2.45) is 0 Å². The first kappa shape index (κ1) is 10.0. The monoisotopic (exact) mass is 172 g/mol. The van der Waals surface area contributed by atoms with E-state index in [1.165, 1.54) is 38.5 Å². The third kappa shape index (κ3) is 5.56. The second-order valence-electron chi connectivity index (χ2n) is 3.47. The molecule has 72 valence electrons. The van der Waals surface area contributed by atoms with Gasteiger partial charge < -0.3 is 0 Å². The van der Waals surface area contributed by atoms with Gasteiger partial charge in [0, 0.05) is 0 Å². The third-order valence-electron chi connectivity index (χ3n) is 2.29. The van der Waals surface area contributed by atoms with Gasteiger partial charge in [0.25, 0.3) is 0 Å². The van der Waals surface area contributed by atoms with Gasteiger partial charge in [0.1, 0.15) is 0 Å². The van der Waals surface area contributed by atoms with Crippen LogP contribution in [0.1, 0.15) is 51.4 Å². The van der Waals surface area contributed by atoms with Crippen LogP contribution in [0.2, 0.25) is 0 Å². The number of hydrogen-bond donors (Lipinski definition) is 0. The average Bonchev–Trinajstić information content (AvgIpc) is 2.24. The van der Waals surface area contributed by atoms with Crippen molar-refractivity contribution in [3.05, 3.63) is 0 Å². The summed E-state index contributed by atoms with van der Waals surface area (Å²) < 4.78 is 0. The van der Waals surface area contributed by atoms with Crippen molar-refractivity contribution in [2.75, 3.05) is 13.2 Å². The smallest absolute Gasteiger partial charge is 0.0823 e. The molecule has 0 aromatic heterocycles. The van der Waals surface area contributed by atoms with Gasteiger partial charge in [-0.05, 0) is 12.8 Å². The van der Waals surface area contributed by atoms with Crippen LogP contribution >= 0.6 is 0 Å². The lowest BCUT2D eigenvalue weighted by atomic mass is 10.0. The molecule has 0 atom stereocenters. The minimum atomic E-state index is 0.778. The topological polar surface area (TPSA) is 18.5 Å². The van der Waals surface area contributed by atoms with Gasteiger partial charge in [0.05, 0.1) is 13.2 Å². The lowest BCUT2D eigenvalue weighted by Gasteiger charge is -2.07. The molecule has 0 aromatic carbocycles. The van der Waals surface area contributed by atoms with Crippen LogP contribution in [0.25, 0.3) is 0 Å². The maximum atomic E-state index is 4.57. The fourth-order valence-electron chi connectivity index (χ4n) is 1.50. The summed E-state index contributed by atoms with van der Waals surface area (Å²) in [5.41, 5.74) is 0. The molecule has 1 saturated carbocycles. The van der Waals surface area contributed by atoms with E-state index >= 15 is 0 Å². The predicted octanol–water partition coefficient (Wildman–Crippen LogP) is 3.07. The quantitative estimate of drug-likeness (QED) is 0.523. The molecule has 1 aliphatic carbocycles. The molecule has 2 heteroatoms. The molecule has 1 heterocycles. The van der Waals surface area contributed by atoms with Crippen LogP contribution in [-0.2, 0) is 9.78 Å².